The van der Waals surface area contributed by atoms with Gasteiger partial charge in [0, 0.05) is 12.5 Å². The monoisotopic (exact) mass is 176 g/mol. The smallest absolute Gasteiger partial charge is 0.0601 e. The van der Waals surface area contributed by atoms with E-state index < -0.39 is 0 Å². The molecular formula is C9H17ClO. The van der Waals surface area contributed by atoms with Crippen LogP contribution in [0.25, 0.3) is 0 Å². The molecule has 2 unspecified atom stereocenters. The van der Waals surface area contributed by atoms with Gasteiger partial charge in [-0.15, -0.1) is 11.6 Å². The van der Waals surface area contributed by atoms with Crippen LogP contribution in [0.2, 0.25) is 0 Å². The lowest BCUT2D eigenvalue weighted by atomic mass is 9.92. The van der Waals surface area contributed by atoms with Crippen molar-refractivity contribution in [2.75, 3.05) is 12.5 Å². The minimum absolute atomic E-state index is 0.451. The van der Waals surface area contributed by atoms with Gasteiger partial charge < -0.3 is 4.74 Å². The maximum Gasteiger partial charge on any atom is 0.0601 e. The molecule has 1 fully saturated rings. The third kappa shape index (κ3) is 2.64. The molecule has 0 N–H and O–H groups in total. The van der Waals surface area contributed by atoms with Crippen LogP contribution >= 0.6 is 11.6 Å². The van der Waals surface area contributed by atoms with Crippen molar-refractivity contribution in [3.63, 3.8) is 0 Å². The van der Waals surface area contributed by atoms with Crippen LogP contribution in [0.1, 0.15) is 26.7 Å². The highest BCUT2D eigenvalue weighted by molar-refractivity contribution is 6.18. The van der Waals surface area contributed by atoms with E-state index in [1.165, 1.54) is 0 Å². The van der Waals surface area contributed by atoms with Gasteiger partial charge in [0.2, 0.25) is 0 Å². The number of alkyl halides is 1. The van der Waals surface area contributed by atoms with Crippen molar-refractivity contribution in [3.05, 3.63) is 0 Å². The second kappa shape index (κ2) is 4.32. The van der Waals surface area contributed by atoms with Crippen molar-refractivity contribution < 1.29 is 4.74 Å². The third-order valence-corrected chi connectivity index (χ3v) is 2.82. The van der Waals surface area contributed by atoms with Gasteiger partial charge in [0.05, 0.1) is 6.10 Å². The van der Waals surface area contributed by atoms with E-state index in [1.54, 1.807) is 0 Å². The summed E-state index contributed by atoms with van der Waals surface area (Å²) >= 11 is 5.79. The molecule has 0 aliphatic carbocycles. The molecule has 0 bridgehead atoms. The first-order valence-electron chi connectivity index (χ1n) is 4.41. The van der Waals surface area contributed by atoms with Crippen molar-refractivity contribution in [3.8, 4) is 0 Å². The second-order valence-corrected chi connectivity index (χ2v) is 4.01. The molecule has 1 aliphatic heterocycles. The minimum Gasteiger partial charge on any atom is -0.378 e. The van der Waals surface area contributed by atoms with E-state index in [-0.39, 0.29) is 0 Å². The van der Waals surface area contributed by atoms with Crippen molar-refractivity contribution >= 4 is 11.6 Å². The van der Waals surface area contributed by atoms with Gasteiger partial charge in [-0.3, -0.25) is 0 Å². The Hall–Kier alpha value is 0.250. The average Bonchev–Trinajstić information content (AvgIpc) is 2.05. The predicted molar refractivity (Wildman–Crippen MR) is 48.0 cm³/mol. The highest BCUT2D eigenvalue weighted by Gasteiger charge is 2.23. The number of ether oxygens (including phenoxy) is 1. The van der Waals surface area contributed by atoms with Gasteiger partial charge in [0.15, 0.2) is 0 Å². The van der Waals surface area contributed by atoms with Gasteiger partial charge in [-0.05, 0) is 24.7 Å². The Morgan fingerprint density at radius 1 is 1.55 bits per heavy atom. The quantitative estimate of drug-likeness (QED) is 0.588. The van der Waals surface area contributed by atoms with E-state index in [0.717, 1.165) is 25.3 Å². The lowest BCUT2D eigenvalue weighted by molar-refractivity contribution is -0.0298. The van der Waals surface area contributed by atoms with Crippen molar-refractivity contribution in [2.45, 2.75) is 32.8 Å². The van der Waals surface area contributed by atoms with Crippen LogP contribution in [0.15, 0.2) is 0 Å². The number of rotatable bonds is 2. The normalized spacial score (nSPS) is 32.7. The summed E-state index contributed by atoms with van der Waals surface area (Å²) in [6.07, 6.45) is 2.75. The lowest BCUT2D eigenvalue weighted by Gasteiger charge is -2.30. The first kappa shape index (κ1) is 9.34. The zero-order valence-electron chi connectivity index (χ0n) is 7.35. The SMILES string of the molecule is CC(C)C1CC(CCl)CCO1. The Bertz CT molecular complexity index is 114. The van der Waals surface area contributed by atoms with E-state index in [2.05, 4.69) is 13.8 Å². The van der Waals surface area contributed by atoms with E-state index in [1.807, 2.05) is 0 Å². The fourth-order valence-electron chi connectivity index (χ4n) is 1.51. The lowest BCUT2D eigenvalue weighted by Crippen LogP contribution is -2.30. The van der Waals surface area contributed by atoms with E-state index in [4.69, 9.17) is 16.3 Å². The van der Waals surface area contributed by atoms with E-state index >= 15 is 0 Å². The molecule has 0 amide bonds. The van der Waals surface area contributed by atoms with E-state index in [9.17, 15) is 0 Å². The highest BCUT2D eigenvalue weighted by atomic mass is 35.5. The summed E-state index contributed by atoms with van der Waals surface area (Å²) in [4.78, 5) is 0. The Morgan fingerprint density at radius 2 is 2.27 bits per heavy atom. The van der Waals surface area contributed by atoms with Crippen LogP contribution in [0, 0.1) is 11.8 Å². The summed E-state index contributed by atoms with van der Waals surface area (Å²) in [6, 6.07) is 0. The van der Waals surface area contributed by atoms with Gasteiger partial charge in [-0.25, -0.2) is 0 Å². The van der Waals surface area contributed by atoms with Gasteiger partial charge in [-0.2, -0.15) is 0 Å². The van der Waals surface area contributed by atoms with Crippen LogP contribution in [0.3, 0.4) is 0 Å². The van der Waals surface area contributed by atoms with Crippen LogP contribution in [-0.4, -0.2) is 18.6 Å². The molecule has 11 heavy (non-hydrogen) atoms. The van der Waals surface area contributed by atoms with Crippen LogP contribution in [0.5, 0.6) is 0 Å². The van der Waals surface area contributed by atoms with Crippen LogP contribution < -0.4 is 0 Å². The summed E-state index contributed by atoms with van der Waals surface area (Å²) in [5.41, 5.74) is 0. The van der Waals surface area contributed by atoms with Gasteiger partial charge >= 0.3 is 0 Å². The summed E-state index contributed by atoms with van der Waals surface area (Å²) < 4.78 is 5.61. The number of halogens is 1. The maximum absolute atomic E-state index is 5.79. The van der Waals surface area contributed by atoms with E-state index in [0.29, 0.717) is 17.9 Å². The molecule has 1 rings (SSSR count). The molecule has 1 saturated heterocycles. The first-order valence-corrected chi connectivity index (χ1v) is 4.95. The average molecular weight is 177 g/mol. The number of hydrogen-bond acceptors (Lipinski definition) is 1. The van der Waals surface area contributed by atoms with Crippen LogP contribution in [0.4, 0.5) is 0 Å². The largest absolute Gasteiger partial charge is 0.378 e. The molecule has 1 nitrogen and oxygen atoms in total. The van der Waals surface area contributed by atoms with Crippen molar-refractivity contribution in [1.82, 2.24) is 0 Å². The topological polar surface area (TPSA) is 9.23 Å². The maximum atomic E-state index is 5.79. The van der Waals surface area contributed by atoms with Crippen molar-refractivity contribution in [2.24, 2.45) is 11.8 Å². The molecule has 1 aliphatic rings. The molecule has 0 saturated carbocycles. The summed E-state index contributed by atoms with van der Waals surface area (Å²) in [5, 5.41) is 0. The fourth-order valence-corrected chi connectivity index (χ4v) is 1.79. The highest BCUT2D eigenvalue weighted by Crippen LogP contribution is 2.25. The van der Waals surface area contributed by atoms with Gasteiger partial charge in [-0.1, -0.05) is 13.8 Å². The molecule has 2 atom stereocenters. The zero-order chi connectivity index (χ0) is 8.27. The Morgan fingerprint density at radius 3 is 2.82 bits per heavy atom. The second-order valence-electron chi connectivity index (χ2n) is 3.70. The Labute approximate surface area is 74.1 Å². The molecule has 1 heterocycles. The molecule has 2 heteroatoms. The summed E-state index contributed by atoms with van der Waals surface area (Å²) in [7, 11) is 0. The van der Waals surface area contributed by atoms with Crippen molar-refractivity contribution in [1.29, 1.82) is 0 Å². The summed E-state index contributed by atoms with van der Waals surface area (Å²) in [5.74, 6) is 2.13. The standard InChI is InChI=1S/C9H17ClO/c1-7(2)9-5-8(6-10)3-4-11-9/h7-9H,3-6H2,1-2H3. The molecule has 0 aromatic carbocycles. The molecule has 0 radical (unpaired) electrons. The van der Waals surface area contributed by atoms with Gasteiger partial charge in [0.1, 0.15) is 0 Å². The zero-order valence-corrected chi connectivity index (χ0v) is 8.10. The molecule has 66 valence electrons. The Kier molecular flexibility index (Phi) is 3.67. The molecule has 0 aromatic heterocycles. The Balaban J connectivity index is 2.33. The van der Waals surface area contributed by atoms with Crippen LogP contribution in [-0.2, 0) is 4.74 Å². The minimum atomic E-state index is 0.451. The van der Waals surface area contributed by atoms with Gasteiger partial charge in [0.25, 0.3) is 0 Å². The molecule has 0 aromatic rings. The predicted octanol–water partition coefficient (Wildman–Crippen LogP) is 2.68. The first-order chi connectivity index (χ1) is 5.24. The third-order valence-electron chi connectivity index (χ3n) is 2.39. The molecule has 0 spiro atoms. The fraction of sp³-hybridized carbons (Fsp3) is 1.00. The summed E-state index contributed by atoms with van der Waals surface area (Å²) in [6.45, 7) is 5.32. The number of hydrogen-bond donors (Lipinski definition) is 0. The molecular weight excluding hydrogens is 160 g/mol.